The van der Waals surface area contributed by atoms with Gasteiger partial charge in [0.1, 0.15) is 24.1 Å². The first-order chi connectivity index (χ1) is 15.7. The lowest BCUT2D eigenvalue weighted by Gasteiger charge is -2.18. The monoisotopic (exact) mass is 477 g/mol. The fourth-order valence-electron chi connectivity index (χ4n) is 2.54. The lowest BCUT2D eigenvalue weighted by molar-refractivity contribution is -0.133. The minimum absolute atomic E-state index is 0.0583. The van der Waals surface area contributed by atoms with Crippen LogP contribution in [-0.2, 0) is 30.8 Å². The summed E-state index contributed by atoms with van der Waals surface area (Å²) in [4.78, 5) is 36.0. The Morgan fingerprint density at radius 2 is 1.70 bits per heavy atom. The van der Waals surface area contributed by atoms with E-state index in [1.165, 1.54) is 36.9 Å². The largest absolute Gasteiger partial charge is 0.497 e. The zero-order valence-electron chi connectivity index (χ0n) is 17.6. The summed E-state index contributed by atoms with van der Waals surface area (Å²) in [5.41, 5.74) is 1.52. The normalized spacial score (nSPS) is 11.6. The van der Waals surface area contributed by atoms with Crippen LogP contribution >= 0.6 is 0 Å². The van der Waals surface area contributed by atoms with Gasteiger partial charge >= 0.3 is 6.09 Å². The molecule has 2 aromatic rings. The molecule has 1 atom stereocenters. The van der Waals surface area contributed by atoms with Crippen molar-refractivity contribution in [3.63, 3.8) is 0 Å². The van der Waals surface area contributed by atoms with Crippen LogP contribution < -0.4 is 20.9 Å². The number of hydroxylamine groups is 1. The number of sulfone groups is 1. The van der Waals surface area contributed by atoms with Gasteiger partial charge in [-0.3, -0.25) is 20.1 Å². The van der Waals surface area contributed by atoms with Crippen molar-refractivity contribution in [3.8, 4) is 5.75 Å². The molecule has 0 heterocycles. The minimum Gasteiger partial charge on any atom is -0.497 e. The van der Waals surface area contributed by atoms with E-state index < -0.39 is 45.2 Å². The van der Waals surface area contributed by atoms with E-state index in [1.54, 1.807) is 30.3 Å². The van der Waals surface area contributed by atoms with Crippen LogP contribution in [0.5, 0.6) is 5.75 Å². The van der Waals surface area contributed by atoms with Gasteiger partial charge in [0.05, 0.1) is 17.8 Å². The van der Waals surface area contributed by atoms with Crippen molar-refractivity contribution in [1.29, 1.82) is 0 Å². The highest BCUT2D eigenvalue weighted by atomic mass is 32.2. The molecule has 0 spiro atoms. The van der Waals surface area contributed by atoms with Crippen LogP contribution in [0.1, 0.15) is 5.56 Å². The first-order valence-corrected chi connectivity index (χ1v) is 11.1. The zero-order chi connectivity index (χ0) is 24.4. The number of carbonyl (C=O) groups is 3. The molecule has 11 nitrogen and oxygen atoms in total. The lowest BCUT2D eigenvalue weighted by atomic mass is 10.2. The second kappa shape index (κ2) is 11.6. The van der Waals surface area contributed by atoms with Gasteiger partial charge in [-0.05, 0) is 29.8 Å². The Balaban J connectivity index is 2.00. The van der Waals surface area contributed by atoms with Crippen LogP contribution in [0.3, 0.4) is 0 Å². The number of amides is 3. The summed E-state index contributed by atoms with van der Waals surface area (Å²) in [7, 11) is -2.64. The average Bonchev–Trinajstić information content (AvgIpc) is 2.82. The topological polar surface area (TPSA) is 160 Å². The van der Waals surface area contributed by atoms with Gasteiger partial charge in [0, 0.05) is 0 Å². The number of rotatable bonds is 10. The zero-order valence-corrected chi connectivity index (χ0v) is 18.4. The molecular formula is C21H23N3O8S. The maximum Gasteiger partial charge on any atom is 0.412 e. The van der Waals surface area contributed by atoms with Crippen LogP contribution in [0.4, 0.5) is 4.79 Å². The quantitative estimate of drug-likeness (QED) is 0.223. The molecule has 0 aromatic heterocycles. The summed E-state index contributed by atoms with van der Waals surface area (Å²) in [6.07, 6.45) is -0.979. The molecule has 0 saturated carbocycles. The van der Waals surface area contributed by atoms with Crippen LogP contribution in [0.25, 0.3) is 0 Å². The van der Waals surface area contributed by atoms with E-state index in [2.05, 4.69) is 17.2 Å². The van der Waals surface area contributed by atoms with Crippen molar-refractivity contribution < 1.29 is 37.5 Å². The van der Waals surface area contributed by atoms with E-state index >= 15 is 0 Å². The molecule has 4 N–H and O–H groups in total. The molecule has 0 fully saturated rings. The van der Waals surface area contributed by atoms with Gasteiger partial charge in [-0.25, -0.2) is 18.7 Å². The molecular weight excluding hydrogens is 454 g/mol. The first kappa shape index (κ1) is 25.4. The maximum absolute atomic E-state index is 12.6. The molecule has 0 radical (unpaired) electrons. The number of methoxy groups -OCH3 is 1. The molecule has 0 bridgehead atoms. The number of hydrogen-bond acceptors (Lipinski definition) is 8. The van der Waals surface area contributed by atoms with Gasteiger partial charge in [0.25, 0.3) is 11.8 Å². The number of hydrogen-bond donors (Lipinski definition) is 4. The van der Waals surface area contributed by atoms with Gasteiger partial charge in [-0.2, -0.15) is 0 Å². The van der Waals surface area contributed by atoms with Crippen LogP contribution in [0.15, 0.2) is 71.8 Å². The number of nitrogens with one attached hydrogen (secondary N) is 3. The van der Waals surface area contributed by atoms with Gasteiger partial charge in [0.2, 0.25) is 0 Å². The summed E-state index contributed by atoms with van der Waals surface area (Å²) in [6.45, 7) is 3.32. The second-order valence-corrected chi connectivity index (χ2v) is 8.66. The lowest BCUT2D eigenvalue weighted by Crippen LogP contribution is -2.51. The van der Waals surface area contributed by atoms with Crippen molar-refractivity contribution >= 4 is 27.7 Å². The van der Waals surface area contributed by atoms with Crippen molar-refractivity contribution in [2.75, 3.05) is 12.9 Å². The number of benzene rings is 2. The molecule has 12 heteroatoms. The Labute approximate surface area is 190 Å². The molecule has 0 aliphatic heterocycles. The average molecular weight is 477 g/mol. The smallest absolute Gasteiger partial charge is 0.412 e. The number of ether oxygens (including phenoxy) is 2. The summed E-state index contributed by atoms with van der Waals surface area (Å²) in [6, 6.07) is 12.5. The first-order valence-electron chi connectivity index (χ1n) is 9.44. The Hall–Kier alpha value is -3.90. The molecule has 176 valence electrons. The standard InChI is InChI=1S/C21H23N3O8S/c1-14(22-21(27)32-12-15-6-4-3-5-7-15)19(25)23-18(20(26)24-28)13-33(29,30)17-10-8-16(31-2)9-11-17/h3-11,18,28H,1,12-13H2,2H3,(H,22,27)(H,23,25)(H,24,26). The molecule has 2 rings (SSSR count). The van der Waals surface area contributed by atoms with Crippen molar-refractivity contribution in [2.24, 2.45) is 0 Å². The van der Waals surface area contributed by atoms with E-state index in [0.29, 0.717) is 11.3 Å². The number of carbonyl (C=O) groups excluding carboxylic acids is 3. The van der Waals surface area contributed by atoms with Crippen LogP contribution in [0.2, 0.25) is 0 Å². The molecule has 1 unspecified atom stereocenters. The Kier molecular flexibility index (Phi) is 8.95. The highest BCUT2D eigenvalue weighted by Crippen LogP contribution is 2.17. The second-order valence-electron chi connectivity index (χ2n) is 6.62. The SMILES string of the molecule is C=C(NC(=O)OCc1ccccc1)C(=O)NC(CS(=O)(=O)c1ccc(OC)cc1)C(=O)NO. The summed E-state index contributed by atoms with van der Waals surface area (Å²) < 4.78 is 35.2. The van der Waals surface area contributed by atoms with Gasteiger partial charge in [0.15, 0.2) is 9.84 Å². The van der Waals surface area contributed by atoms with Gasteiger partial charge in [-0.15, -0.1) is 0 Å². The van der Waals surface area contributed by atoms with Crippen molar-refractivity contribution in [1.82, 2.24) is 16.1 Å². The van der Waals surface area contributed by atoms with E-state index in [1.807, 2.05) is 0 Å². The van der Waals surface area contributed by atoms with Gasteiger partial charge in [-0.1, -0.05) is 36.9 Å². The van der Waals surface area contributed by atoms with Crippen molar-refractivity contribution in [3.05, 3.63) is 72.4 Å². The number of alkyl carbamates (subject to hydrolysis) is 1. The maximum atomic E-state index is 12.6. The third-order valence-corrected chi connectivity index (χ3v) is 6.04. The molecule has 0 aliphatic rings. The molecule has 0 aliphatic carbocycles. The predicted octanol–water partition coefficient (Wildman–Crippen LogP) is 0.899. The van der Waals surface area contributed by atoms with Gasteiger partial charge < -0.3 is 14.8 Å². The summed E-state index contributed by atoms with van der Waals surface area (Å²) in [5, 5.41) is 13.1. The van der Waals surface area contributed by atoms with Crippen LogP contribution in [0, 0.1) is 0 Å². The van der Waals surface area contributed by atoms with E-state index in [0.717, 1.165) is 0 Å². The fraction of sp³-hybridized carbons (Fsp3) is 0.190. The van der Waals surface area contributed by atoms with Crippen LogP contribution in [-0.4, -0.2) is 50.4 Å². The summed E-state index contributed by atoms with van der Waals surface area (Å²) >= 11 is 0. The molecule has 3 amide bonds. The fourth-order valence-corrected chi connectivity index (χ4v) is 3.96. The summed E-state index contributed by atoms with van der Waals surface area (Å²) in [5.74, 6) is -2.68. The van der Waals surface area contributed by atoms with E-state index in [9.17, 15) is 22.8 Å². The predicted molar refractivity (Wildman–Crippen MR) is 116 cm³/mol. The Bertz CT molecular complexity index is 1100. The van der Waals surface area contributed by atoms with E-state index in [4.69, 9.17) is 14.7 Å². The molecule has 2 aromatic carbocycles. The Morgan fingerprint density at radius 3 is 2.27 bits per heavy atom. The third kappa shape index (κ3) is 7.63. The van der Waals surface area contributed by atoms with Crippen molar-refractivity contribution in [2.45, 2.75) is 17.5 Å². The third-order valence-electron chi connectivity index (χ3n) is 4.28. The highest BCUT2D eigenvalue weighted by Gasteiger charge is 2.29. The Morgan fingerprint density at radius 1 is 1.06 bits per heavy atom. The minimum atomic E-state index is -4.06. The van der Waals surface area contributed by atoms with E-state index in [-0.39, 0.29) is 11.5 Å². The highest BCUT2D eigenvalue weighted by molar-refractivity contribution is 7.91. The molecule has 33 heavy (non-hydrogen) atoms. The molecule has 0 saturated heterocycles.